The predicted molar refractivity (Wildman–Crippen MR) is 90.0 cm³/mol. The molecule has 0 saturated carbocycles. The number of likely N-dealkylation sites (N-methyl/N-ethyl adjacent to an activating group) is 1. The van der Waals surface area contributed by atoms with E-state index in [0.29, 0.717) is 11.1 Å². The van der Waals surface area contributed by atoms with E-state index in [2.05, 4.69) is 0 Å². The van der Waals surface area contributed by atoms with Crippen molar-refractivity contribution < 1.29 is 24.6 Å². The van der Waals surface area contributed by atoms with E-state index < -0.39 is 23.0 Å². The Morgan fingerprint density at radius 3 is 2.36 bits per heavy atom. The number of nitrogens with zero attached hydrogens (tertiary/aromatic N) is 1. The highest BCUT2D eigenvalue weighted by Crippen LogP contribution is 2.25. The maximum absolute atomic E-state index is 12.8. The van der Waals surface area contributed by atoms with Gasteiger partial charge in [0.25, 0.3) is 5.69 Å². The number of carbonyl (C=O) groups is 2. The third kappa shape index (κ3) is 4.48. The lowest BCUT2D eigenvalue weighted by Gasteiger charge is -2.23. The van der Waals surface area contributed by atoms with E-state index in [4.69, 9.17) is 4.74 Å². The second kappa shape index (κ2) is 8.16. The van der Waals surface area contributed by atoms with Gasteiger partial charge in [0.1, 0.15) is 0 Å². The van der Waals surface area contributed by atoms with Crippen molar-refractivity contribution in [2.45, 2.75) is 19.1 Å². The summed E-state index contributed by atoms with van der Waals surface area (Å²) in [7, 11) is 1.69. The smallest absolute Gasteiger partial charge is 0.303 e. The molecule has 7 heteroatoms. The summed E-state index contributed by atoms with van der Waals surface area (Å²) in [5, 5.41) is 12.7. The van der Waals surface area contributed by atoms with Gasteiger partial charge in [-0.1, -0.05) is 42.5 Å². The Hall–Kier alpha value is -3.06. The summed E-state index contributed by atoms with van der Waals surface area (Å²) in [5.41, 5.74) is 0.752. The number of nitro benzene ring substituents is 1. The SMILES string of the molecule is C[NH2+][C@@H](C(=O)c1ccccc1)[C@@H](OC(C)=O)c1cccc([N+](=O)[O-])c1. The van der Waals surface area contributed by atoms with Gasteiger partial charge in [0.15, 0.2) is 12.1 Å². The number of rotatable bonds is 7. The second-order valence-electron chi connectivity index (χ2n) is 5.47. The van der Waals surface area contributed by atoms with Crippen LogP contribution in [0.15, 0.2) is 54.6 Å². The first-order chi connectivity index (χ1) is 11.9. The minimum atomic E-state index is -0.935. The second-order valence-corrected chi connectivity index (χ2v) is 5.47. The van der Waals surface area contributed by atoms with E-state index >= 15 is 0 Å². The summed E-state index contributed by atoms with van der Waals surface area (Å²) >= 11 is 0. The number of hydrogen-bond donors (Lipinski definition) is 1. The highest BCUT2D eigenvalue weighted by atomic mass is 16.6. The Morgan fingerprint density at radius 2 is 1.80 bits per heavy atom. The molecule has 0 saturated heterocycles. The molecule has 2 rings (SSSR count). The monoisotopic (exact) mass is 343 g/mol. The van der Waals surface area contributed by atoms with Crippen molar-refractivity contribution in [3.63, 3.8) is 0 Å². The summed E-state index contributed by atoms with van der Waals surface area (Å²) in [6.07, 6.45) is -0.935. The van der Waals surface area contributed by atoms with Gasteiger partial charge in [-0.15, -0.1) is 0 Å². The molecule has 2 aromatic rings. The van der Waals surface area contributed by atoms with Crippen LogP contribution in [0.4, 0.5) is 5.69 Å². The van der Waals surface area contributed by atoms with Crippen LogP contribution in [0.5, 0.6) is 0 Å². The van der Waals surface area contributed by atoms with Crippen molar-refractivity contribution >= 4 is 17.4 Å². The lowest BCUT2D eigenvalue weighted by Crippen LogP contribution is -2.89. The molecular weight excluding hydrogens is 324 g/mol. The fraction of sp³-hybridized carbons (Fsp3) is 0.222. The van der Waals surface area contributed by atoms with E-state index in [-0.39, 0.29) is 11.5 Å². The van der Waals surface area contributed by atoms with E-state index in [1.165, 1.54) is 25.1 Å². The molecule has 2 N–H and O–H groups in total. The zero-order valence-electron chi connectivity index (χ0n) is 13.9. The van der Waals surface area contributed by atoms with Crippen LogP contribution in [-0.4, -0.2) is 29.8 Å². The first-order valence-corrected chi connectivity index (χ1v) is 7.74. The molecule has 2 aromatic carbocycles. The summed E-state index contributed by atoms with van der Waals surface area (Å²) in [5.74, 6) is -0.787. The number of non-ortho nitro benzene ring substituents is 1. The van der Waals surface area contributed by atoms with E-state index in [9.17, 15) is 19.7 Å². The third-order valence-electron chi connectivity index (χ3n) is 3.75. The fourth-order valence-electron chi connectivity index (χ4n) is 2.60. The highest BCUT2D eigenvalue weighted by Gasteiger charge is 2.35. The largest absolute Gasteiger partial charge is 0.451 e. The van der Waals surface area contributed by atoms with Crippen LogP contribution in [0.1, 0.15) is 28.9 Å². The Bertz CT molecular complexity index is 776. The Morgan fingerprint density at radius 1 is 1.12 bits per heavy atom. The van der Waals surface area contributed by atoms with Gasteiger partial charge in [-0.3, -0.25) is 19.7 Å². The number of benzene rings is 2. The first kappa shape index (κ1) is 18.3. The average Bonchev–Trinajstić information content (AvgIpc) is 2.62. The number of nitro groups is 1. The quantitative estimate of drug-likeness (QED) is 0.356. The molecule has 7 nitrogen and oxygen atoms in total. The van der Waals surface area contributed by atoms with E-state index in [1.807, 2.05) is 0 Å². The average molecular weight is 343 g/mol. The molecule has 0 bridgehead atoms. The van der Waals surface area contributed by atoms with Gasteiger partial charge in [-0.2, -0.15) is 0 Å². The number of Topliss-reactive ketones (excluding diaryl/α,β-unsaturated/α-hetero) is 1. The molecule has 0 amide bonds. The molecule has 0 aliphatic heterocycles. The van der Waals surface area contributed by atoms with Gasteiger partial charge in [-0.25, -0.2) is 0 Å². The number of ether oxygens (including phenoxy) is 1. The topological polar surface area (TPSA) is 103 Å². The normalized spacial score (nSPS) is 12.9. The summed E-state index contributed by atoms with van der Waals surface area (Å²) in [6, 6.07) is 13.7. The Balaban J connectivity index is 2.44. The maximum Gasteiger partial charge on any atom is 0.303 e. The van der Waals surface area contributed by atoms with Gasteiger partial charge < -0.3 is 10.1 Å². The van der Waals surface area contributed by atoms with Gasteiger partial charge in [0, 0.05) is 30.2 Å². The molecule has 0 spiro atoms. The number of quaternary nitrogens is 1. The molecule has 130 valence electrons. The first-order valence-electron chi connectivity index (χ1n) is 7.74. The maximum atomic E-state index is 12.8. The number of esters is 1. The van der Waals surface area contributed by atoms with Crippen LogP contribution >= 0.6 is 0 Å². The number of hydrogen-bond acceptors (Lipinski definition) is 5. The van der Waals surface area contributed by atoms with Crippen molar-refractivity contribution in [1.82, 2.24) is 0 Å². The third-order valence-corrected chi connectivity index (χ3v) is 3.75. The molecule has 0 radical (unpaired) electrons. The van der Waals surface area contributed by atoms with Crippen LogP contribution < -0.4 is 5.32 Å². The Kier molecular flexibility index (Phi) is 5.97. The van der Waals surface area contributed by atoms with Gasteiger partial charge in [0.2, 0.25) is 5.78 Å². The highest BCUT2D eigenvalue weighted by molar-refractivity contribution is 5.99. The molecule has 2 atom stereocenters. The number of nitrogens with two attached hydrogens (primary N) is 1. The van der Waals surface area contributed by atoms with E-state index in [1.54, 1.807) is 48.8 Å². The summed E-state index contributed by atoms with van der Waals surface area (Å²) < 4.78 is 5.35. The predicted octanol–water partition coefficient (Wildman–Crippen LogP) is 1.64. The zero-order chi connectivity index (χ0) is 18.4. The van der Waals surface area contributed by atoms with Crippen molar-refractivity contribution in [1.29, 1.82) is 0 Å². The minimum Gasteiger partial charge on any atom is -0.451 e. The lowest BCUT2D eigenvalue weighted by molar-refractivity contribution is -0.657. The van der Waals surface area contributed by atoms with Gasteiger partial charge >= 0.3 is 5.97 Å². The van der Waals surface area contributed by atoms with Crippen molar-refractivity contribution in [3.8, 4) is 0 Å². The van der Waals surface area contributed by atoms with Gasteiger partial charge in [-0.05, 0) is 0 Å². The summed E-state index contributed by atoms with van der Waals surface area (Å²) in [4.78, 5) is 34.9. The zero-order valence-corrected chi connectivity index (χ0v) is 13.9. The molecule has 0 aromatic heterocycles. The van der Waals surface area contributed by atoms with Crippen LogP contribution in [0.3, 0.4) is 0 Å². The van der Waals surface area contributed by atoms with Crippen LogP contribution in [0.25, 0.3) is 0 Å². The molecule has 0 heterocycles. The standard InChI is InChI=1S/C18H18N2O5/c1-12(21)25-18(14-9-6-10-15(11-14)20(23)24)16(19-2)17(22)13-7-4-3-5-8-13/h3-11,16,18-19H,1-2H3/p+1/t16-,18-/m0/s1. The van der Waals surface area contributed by atoms with Crippen LogP contribution in [0, 0.1) is 10.1 Å². The van der Waals surface area contributed by atoms with Gasteiger partial charge in [0.05, 0.1) is 12.0 Å². The fourth-order valence-corrected chi connectivity index (χ4v) is 2.60. The summed E-state index contributed by atoms with van der Waals surface area (Å²) in [6.45, 7) is 1.24. The Labute approximate surface area is 144 Å². The van der Waals surface area contributed by atoms with Crippen LogP contribution in [-0.2, 0) is 9.53 Å². The number of ketones is 1. The lowest BCUT2D eigenvalue weighted by atomic mass is 9.94. The van der Waals surface area contributed by atoms with Crippen molar-refractivity contribution in [2.24, 2.45) is 0 Å². The van der Waals surface area contributed by atoms with Crippen molar-refractivity contribution in [3.05, 3.63) is 75.8 Å². The van der Waals surface area contributed by atoms with E-state index in [0.717, 1.165) is 0 Å². The molecule has 0 fully saturated rings. The molecular formula is C18H19N2O5+. The number of carbonyl (C=O) groups excluding carboxylic acids is 2. The van der Waals surface area contributed by atoms with Crippen molar-refractivity contribution in [2.75, 3.05) is 7.05 Å². The van der Waals surface area contributed by atoms with Crippen LogP contribution in [0.2, 0.25) is 0 Å². The molecule has 0 aliphatic rings. The molecule has 25 heavy (non-hydrogen) atoms. The molecule has 0 unspecified atom stereocenters. The molecule has 0 aliphatic carbocycles. The minimum absolute atomic E-state index is 0.128.